The van der Waals surface area contributed by atoms with E-state index in [2.05, 4.69) is 20.9 Å². The minimum absolute atomic E-state index is 0.00306. The molecule has 1 rings (SSSR count). The topological polar surface area (TPSA) is 22.1 Å². The van der Waals surface area contributed by atoms with Crippen molar-refractivity contribution < 1.29 is 17.9 Å². The smallest absolute Gasteiger partial charge is 0.433 e. The van der Waals surface area contributed by atoms with Gasteiger partial charge in [-0.25, -0.2) is 4.98 Å². The maximum Gasteiger partial charge on any atom is 0.433 e. The normalized spacial score (nSPS) is 11.5. The molecule has 0 amide bonds. The Kier molecular flexibility index (Phi) is 3.36. The van der Waals surface area contributed by atoms with Gasteiger partial charge in [-0.1, -0.05) is 22.0 Å². The van der Waals surface area contributed by atoms with Gasteiger partial charge in [0, 0.05) is 10.9 Å². The van der Waals surface area contributed by atoms with Crippen LogP contribution in [-0.2, 0) is 11.5 Å². The van der Waals surface area contributed by atoms with Crippen LogP contribution in [0.1, 0.15) is 11.3 Å². The van der Waals surface area contributed by atoms with E-state index in [4.69, 9.17) is 4.74 Å². The van der Waals surface area contributed by atoms with Crippen molar-refractivity contribution in [3.8, 4) is 5.88 Å². The Morgan fingerprint density at radius 3 is 2.50 bits per heavy atom. The Labute approximate surface area is 87.2 Å². The predicted octanol–water partition coefficient (Wildman–Crippen LogP) is 3.00. The van der Waals surface area contributed by atoms with E-state index in [1.54, 1.807) is 0 Å². The zero-order valence-electron chi connectivity index (χ0n) is 7.23. The minimum atomic E-state index is -4.43. The van der Waals surface area contributed by atoms with E-state index in [-0.39, 0.29) is 5.88 Å². The van der Waals surface area contributed by atoms with Crippen molar-refractivity contribution in [3.63, 3.8) is 0 Å². The maximum atomic E-state index is 12.2. The molecular weight excluding hydrogens is 263 g/mol. The van der Waals surface area contributed by atoms with E-state index in [0.717, 1.165) is 6.07 Å². The summed E-state index contributed by atoms with van der Waals surface area (Å²) in [6.07, 6.45) is -4.43. The summed E-state index contributed by atoms with van der Waals surface area (Å²) in [5.41, 5.74) is -0.362. The zero-order valence-corrected chi connectivity index (χ0v) is 8.82. The number of ether oxygens (including phenoxy) is 1. The van der Waals surface area contributed by atoms with E-state index >= 15 is 0 Å². The molecule has 0 spiro atoms. The molecule has 0 aromatic carbocycles. The fourth-order valence-electron chi connectivity index (χ4n) is 0.906. The first-order valence-corrected chi connectivity index (χ1v) is 4.78. The average molecular weight is 270 g/mol. The minimum Gasteiger partial charge on any atom is -0.481 e. The predicted molar refractivity (Wildman–Crippen MR) is 48.4 cm³/mol. The van der Waals surface area contributed by atoms with Gasteiger partial charge in [0.05, 0.1) is 7.11 Å². The summed E-state index contributed by atoms with van der Waals surface area (Å²) in [4.78, 5) is 3.36. The third-order valence-corrected chi connectivity index (χ3v) is 2.17. The molecule has 14 heavy (non-hydrogen) atoms. The largest absolute Gasteiger partial charge is 0.481 e. The molecule has 0 N–H and O–H groups in total. The summed E-state index contributed by atoms with van der Waals surface area (Å²) >= 11 is 3.12. The van der Waals surface area contributed by atoms with Crippen LogP contribution in [0.4, 0.5) is 13.2 Å². The first kappa shape index (κ1) is 11.3. The van der Waals surface area contributed by atoms with Crippen LogP contribution in [0.15, 0.2) is 12.1 Å². The quantitative estimate of drug-likeness (QED) is 0.771. The lowest BCUT2D eigenvalue weighted by Gasteiger charge is -2.09. The summed E-state index contributed by atoms with van der Waals surface area (Å²) in [6, 6.07) is 2.27. The summed E-state index contributed by atoms with van der Waals surface area (Å²) in [7, 11) is 1.29. The molecule has 6 heteroatoms. The molecule has 1 heterocycles. The Morgan fingerprint density at radius 2 is 2.07 bits per heavy atom. The van der Waals surface area contributed by atoms with Gasteiger partial charge < -0.3 is 4.74 Å². The van der Waals surface area contributed by atoms with Crippen molar-refractivity contribution in [3.05, 3.63) is 23.4 Å². The van der Waals surface area contributed by atoms with Crippen molar-refractivity contribution in [2.75, 3.05) is 7.11 Å². The van der Waals surface area contributed by atoms with Crippen LogP contribution in [0.25, 0.3) is 0 Å². The summed E-state index contributed by atoms with van der Waals surface area (Å²) in [5.74, 6) is -0.00306. The van der Waals surface area contributed by atoms with Crippen LogP contribution in [0.2, 0.25) is 0 Å². The van der Waals surface area contributed by atoms with Crippen molar-refractivity contribution in [2.45, 2.75) is 11.5 Å². The number of hydrogen-bond acceptors (Lipinski definition) is 2. The summed E-state index contributed by atoms with van der Waals surface area (Å²) < 4.78 is 41.4. The second kappa shape index (κ2) is 4.16. The van der Waals surface area contributed by atoms with Crippen LogP contribution in [-0.4, -0.2) is 12.1 Å². The van der Waals surface area contributed by atoms with E-state index in [0.29, 0.717) is 10.9 Å². The highest BCUT2D eigenvalue weighted by molar-refractivity contribution is 9.08. The number of rotatable bonds is 2. The molecule has 78 valence electrons. The van der Waals surface area contributed by atoms with Crippen molar-refractivity contribution in [1.29, 1.82) is 0 Å². The monoisotopic (exact) mass is 269 g/mol. The third-order valence-electron chi connectivity index (χ3n) is 1.57. The lowest BCUT2D eigenvalue weighted by molar-refractivity contribution is -0.141. The van der Waals surface area contributed by atoms with Crippen LogP contribution in [0.3, 0.4) is 0 Å². The number of hydrogen-bond donors (Lipinski definition) is 0. The highest BCUT2D eigenvalue weighted by Gasteiger charge is 2.33. The van der Waals surface area contributed by atoms with E-state index in [9.17, 15) is 13.2 Å². The average Bonchev–Trinajstić information content (AvgIpc) is 2.15. The first-order valence-electron chi connectivity index (χ1n) is 3.66. The Morgan fingerprint density at radius 1 is 1.43 bits per heavy atom. The SMILES string of the molecule is COc1nc(C(F)(F)F)ccc1CBr. The lowest BCUT2D eigenvalue weighted by atomic mass is 10.2. The van der Waals surface area contributed by atoms with E-state index in [1.807, 2.05) is 0 Å². The standard InChI is InChI=1S/C8H7BrF3NO/c1-14-7-5(4-9)2-3-6(13-7)8(10,11)12/h2-3H,4H2,1H3. The van der Waals surface area contributed by atoms with Gasteiger partial charge in [-0.2, -0.15) is 13.2 Å². The first-order chi connectivity index (χ1) is 6.49. The van der Waals surface area contributed by atoms with Crippen LogP contribution in [0.5, 0.6) is 5.88 Å². The molecule has 0 aliphatic rings. The van der Waals surface area contributed by atoms with Gasteiger partial charge in [0.2, 0.25) is 5.88 Å². The molecule has 1 aromatic rings. The number of halogens is 4. The van der Waals surface area contributed by atoms with E-state index in [1.165, 1.54) is 13.2 Å². The number of alkyl halides is 4. The lowest BCUT2D eigenvalue weighted by Crippen LogP contribution is -2.09. The molecule has 0 atom stereocenters. The second-order valence-electron chi connectivity index (χ2n) is 2.50. The van der Waals surface area contributed by atoms with E-state index < -0.39 is 11.9 Å². The second-order valence-corrected chi connectivity index (χ2v) is 3.06. The number of nitrogens with zero attached hydrogens (tertiary/aromatic N) is 1. The molecule has 0 unspecified atom stereocenters. The molecule has 0 fully saturated rings. The highest BCUT2D eigenvalue weighted by Crippen LogP contribution is 2.30. The molecule has 2 nitrogen and oxygen atoms in total. The van der Waals surface area contributed by atoms with Gasteiger partial charge in [0.1, 0.15) is 5.69 Å². The van der Waals surface area contributed by atoms with Gasteiger partial charge in [-0.15, -0.1) is 0 Å². The molecule has 0 aliphatic heterocycles. The van der Waals surface area contributed by atoms with Gasteiger partial charge >= 0.3 is 6.18 Å². The number of aromatic nitrogens is 1. The Balaban J connectivity index is 3.14. The van der Waals surface area contributed by atoms with Gasteiger partial charge in [-0.05, 0) is 6.07 Å². The summed E-state index contributed by atoms with van der Waals surface area (Å²) in [5, 5.41) is 0.404. The molecule has 0 aliphatic carbocycles. The van der Waals surface area contributed by atoms with Crippen LogP contribution < -0.4 is 4.74 Å². The molecule has 0 radical (unpaired) electrons. The van der Waals surface area contributed by atoms with Crippen LogP contribution >= 0.6 is 15.9 Å². The van der Waals surface area contributed by atoms with Gasteiger partial charge in [-0.3, -0.25) is 0 Å². The highest BCUT2D eigenvalue weighted by atomic mass is 79.9. The molecule has 1 aromatic heterocycles. The molecule has 0 saturated heterocycles. The number of pyridine rings is 1. The maximum absolute atomic E-state index is 12.2. The third kappa shape index (κ3) is 2.37. The van der Waals surface area contributed by atoms with Crippen molar-refractivity contribution in [2.24, 2.45) is 0 Å². The summed E-state index contributed by atoms with van der Waals surface area (Å²) in [6.45, 7) is 0. The zero-order chi connectivity index (χ0) is 10.8. The van der Waals surface area contributed by atoms with Gasteiger partial charge in [0.25, 0.3) is 0 Å². The van der Waals surface area contributed by atoms with Crippen LogP contribution in [0, 0.1) is 0 Å². The van der Waals surface area contributed by atoms with Gasteiger partial charge in [0.15, 0.2) is 0 Å². The van der Waals surface area contributed by atoms with Crippen molar-refractivity contribution >= 4 is 15.9 Å². The number of methoxy groups -OCH3 is 1. The fourth-order valence-corrected chi connectivity index (χ4v) is 1.33. The molecule has 0 bridgehead atoms. The Bertz CT molecular complexity index is 327. The Hall–Kier alpha value is -0.780. The molecular formula is C8H7BrF3NO. The van der Waals surface area contributed by atoms with Crippen molar-refractivity contribution in [1.82, 2.24) is 4.98 Å². The molecule has 0 saturated carbocycles. The fraction of sp³-hybridized carbons (Fsp3) is 0.375.